The third-order valence-electron chi connectivity index (χ3n) is 6.57. The van der Waals surface area contributed by atoms with Gasteiger partial charge < -0.3 is 15.4 Å². The van der Waals surface area contributed by atoms with Crippen molar-refractivity contribution in [2.24, 2.45) is 0 Å². The quantitative estimate of drug-likeness (QED) is 0.179. The second-order valence-corrected chi connectivity index (χ2v) is 10.0. The van der Waals surface area contributed by atoms with E-state index in [2.05, 4.69) is 15.3 Å². The van der Waals surface area contributed by atoms with Crippen LogP contribution in [0.3, 0.4) is 0 Å². The third kappa shape index (κ3) is 5.53. The Morgan fingerprint density at radius 2 is 1.74 bits per heavy atom. The predicted molar refractivity (Wildman–Crippen MR) is 156 cm³/mol. The average molecular weight is 558 g/mol. The standard InChI is InChI=1S/C31H25Cl2N3O3/c1-2-7-25(18-8-5-9-20(32)16-18)36-30(37)19-14-15-21(23(17-19)31(38)39)28-22(10-6-11-24(28)33)29-34-26-12-3-4-13-27(26)35-29/h3-6,8-17,25H,2,7H2,1H3,(H,34,35)(H,36,37)(H,38,39)/t25-/m0/s1. The Kier molecular flexibility index (Phi) is 7.68. The molecule has 0 radical (unpaired) electrons. The van der Waals surface area contributed by atoms with Crippen molar-refractivity contribution in [2.75, 3.05) is 0 Å². The minimum Gasteiger partial charge on any atom is -0.478 e. The van der Waals surface area contributed by atoms with E-state index in [1.165, 1.54) is 6.07 Å². The highest BCUT2D eigenvalue weighted by molar-refractivity contribution is 6.34. The third-order valence-corrected chi connectivity index (χ3v) is 7.12. The molecule has 1 amide bonds. The van der Waals surface area contributed by atoms with Gasteiger partial charge in [-0.1, -0.05) is 79.0 Å². The number of carbonyl (C=O) groups excluding carboxylic acids is 1. The topological polar surface area (TPSA) is 95.1 Å². The van der Waals surface area contributed by atoms with E-state index in [0.29, 0.717) is 39.0 Å². The van der Waals surface area contributed by atoms with Crippen LogP contribution in [-0.2, 0) is 0 Å². The first-order valence-corrected chi connectivity index (χ1v) is 13.3. The van der Waals surface area contributed by atoms with E-state index in [-0.39, 0.29) is 23.1 Å². The van der Waals surface area contributed by atoms with E-state index in [1.807, 2.05) is 55.5 Å². The number of nitrogens with one attached hydrogen (secondary N) is 2. The maximum Gasteiger partial charge on any atom is 0.336 e. The lowest BCUT2D eigenvalue weighted by molar-refractivity contribution is 0.0697. The van der Waals surface area contributed by atoms with Gasteiger partial charge in [0.2, 0.25) is 0 Å². The van der Waals surface area contributed by atoms with Gasteiger partial charge in [0.05, 0.1) is 22.6 Å². The van der Waals surface area contributed by atoms with Crippen molar-refractivity contribution in [3.63, 3.8) is 0 Å². The van der Waals surface area contributed by atoms with Crippen LogP contribution < -0.4 is 5.32 Å². The largest absolute Gasteiger partial charge is 0.478 e. The number of benzene rings is 4. The molecule has 4 aromatic carbocycles. The fourth-order valence-electron chi connectivity index (χ4n) is 4.73. The van der Waals surface area contributed by atoms with E-state index < -0.39 is 5.97 Å². The molecule has 196 valence electrons. The Balaban J connectivity index is 1.54. The summed E-state index contributed by atoms with van der Waals surface area (Å²) in [5.74, 6) is -0.981. The molecule has 0 bridgehead atoms. The SMILES string of the molecule is CCC[C@H](NC(=O)c1ccc(-c2c(Cl)cccc2-c2nc3ccccc3[nH]2)c(C(=O)O)c1)c1cccc(Cl)c1. The Morgan fingerprint density at radius 1 is 0.949 bits per heavy atom. The number of amides is 1. The van der Waals surface area contributed by atoms with Crippen molar-refractivity contribution in [3.8, 4) is 22.5 Å². The molecule has 0 aliphatic heterocycles. The summed E-state index contributed by atoms with van der Waals surface area (Å²) in [6.07, 6.45) is 1.55. The molecular weight excluding hydrogens is 533 g/mol. The van der Waals surface area contributed by atoms with Crippen molar-refractivity contribution in [3.05, 3.63) is 112 Å². The Hall–Kier alpha value is -4.13. The van der Waals surface area contributed by atoms with Gasteiger partial charge in [0, 0.05) is 26.7 Å². The highest BCUT2D eigenvalue weighted by Crippen LogP contribution is 2.39. The van der Waals surface area contributed by atoms with Crippen LogP contribution in [0.2, 0.25) is 10.0 Å². The van der Waals surface area contributed by atoms with Gasteiger partial charge in [-0.25, -0.2) is 9.78 Å². The molecule has 0 spiro atoms. The van der Waals surface area contributed by atoms with Crippen LogP contribution >= 0.6 is 23.2 Å². The zero-order valence-corrected chi connectivity index (χ0v) is 22.6. The first kappa shape index (κ1) is 26.5. The minimum atomic E-state index is -1.17. The van der Waals surface area contributed by atoms with Gasteiger partial charge in [0.25, 0.3) is 5.91 Å². The number of carboxylic acids is 1. The summed E-state index contributed by atoms with van der Waals surface area (Å²) in [5, 5.41) is 14.2. The van der Waals surface area contributed by atoms with Gasteiger partial charge in [0.1, 0.15) is 5.82 Å². The molecule has 1 atom stereocenters. The lowest BCUT2D eigenvalue weighted by Gasteiger charge is -2.20. The van der Waals surface area contributed by atoms with E-state index in [9.17, 15) is 14.7 Å². The second-order valence-electron chi connectivity index (χ2n) is 9.20. The molecule has 6 nitrogen and oxygen atoms in total. The fourth-order valence-corrected chi connectivity index (χ4v) is 5.21. The van der Waals surface area contributed by atoms with Crippen LogP contribution in [0.4, 0.5) is 0 Å². The molecule has 3 N–H and O–H groups in total. The van der Waals surface area contributed by atoms with E-state index in [0.717, 1.165) is 23.0 Å². The highest BCUT2D eigenvalue weighted by atomic mass is 35.5. The molecule has 0 saturated heterocycles. The molecule has 1 heterocycles. The number of para-hydroxylation sites is 2. The number of nitrogens with zero attached hydrogens (tertiary/aromatic N) is 1. The van der Waals surface area contributed by atoms with E-state index in [4.69, 9.17) is 23.2 Å². The minimum absolute atomic E-state index is 0.0390. The molecule has 0 aliphatic rings. The summed E-state index contributed by atoms with van der Waals surface area (Å²) >= 11 is 12.8. The smallest absolute Gasteiger partial charge is 0.336 e. The number of hydrogen-bond donors (Lipinski definition) is 3. The number of aromatic nitrogens is 2. The zero-order chi connectivity index (χ0) is 27.5. The van der Waals surface area contributed by atoms with Crippen LogP contribution in [0, 0.1) is 0 Å². The maximum atomic E-state index is 13.3. The van der Waals surface area contributed by atoms with Gasteiger partial charge in [-0.3, -0.25) is 4.79 Å². The van der Waals surface area contributed by atoms with Crippen LogP contribution in [0.1, 0.15) is 52.1 Å². The van der Waals surface area contributed by atoms with Gasteiger partial charge in [-0.15, -0.1) is 0 Å². The number of hydrogen-bond acceptors (Lipinski definition) is 3. The van der Waals surface area contributed by atoms with Gasteiger partial charge in [-0.2, -0.15) is 0 Å². The van der Waals surface area contributed by atoms with Crippen LogP contribution in [0.25, 0.3) is 33.5 Å². The number of rotatable bonds is 8. The Labute approximate surface area is 235 Å². The van der Waals surface area contributed by atoms with Gasteiger partial charge in [0.15, 0.2) is 0 Å². The predicted octanol–water partition coefficient (Wildman–Crippen LogP) is 8.17. The summed E-state index contributed by atoms with van der Waals surface area (Å²) in [4.78, 5) is 33.7. The first-order valence-electron chi connectivity index (χ1n) is 12.5. The second kappa shape index (κ2) is 11.3. The molecule has 8 heteroatoms. The number of fused-ring (bicyclic) bond motifs is 1. The number of halogens is 2. The normalized spacial score (nSPS) is 11.9. The molecular formula is C31H25Cl2N3O3. The van der Waals surface area contributed by atoms with E-state index >= 15 is 0 Å². The Bertz CT molecular complexity index is 1660. The highest BCUT2D eigenvalue weighted by Gasteiger charge is 2.23. The lowest BCUT2D eigenvalue weighted by atomic mass is 9.93. The number of H-pyrrole nitrogens is 1. The van der Waals surface area contributed by atoms with Crippen molar-refractivity contribution in [2.45, 2.75) is 25.8 Å². The van der Waals surface area contributed by atoms with Crippen molar-refractivity contribution in [1.82, 2.24) is 15.3 Å². The average Bonchev–Trinajstić information content (AvgIpc) is 3.36. The van der Waals surface area contributed by atoms with Crippen LogP contribution in [-0.4, -0.2) is 27.0 Å². The molecule has 5 rings (SSSR count). The van der Waals surface area contributed by atoms with Crippen molar-refractivity contribution in [1.29, 1.82) is 0 Å². The molecule has 0 aliphatic carbocycles. The molecule has 0 fully saturated rings. The van der Waals surface area contributed by atoms with E-state index in [1.54, 1.807) is 30.3 Å². The number of aromatic carboxylic acids is 1. The summed E-state index contributed by atoms with van der Waals surface area (Å²) in [6.45, 7) is 2.03. The monoisotopic (exact) mass is 557 g/mol. The van der Waals surface area contributed by atoms with Crippen LogP contribution in [0.15, 0.2) is 84.9 Å². The fraction of sp³-hybridized carbons (Fsp3) is 0.129. The maximum absolute atomic E-state index is 13.3. The van der Waals surface area contributed by atoms with Gasteiger partial charge >= 0.3 is 5.97 Å². The molecule has 5 aromatic rings. The molecule has 1 aromatic heterocycles. The number of carbonyl (C=O) groups is 2. The molecule has 0 saturated carbocycles. The van der Waals surface area contributed by atoms with Gasteiger partial charge in [-0.05, 0) is 60.0 Å². The number of aromatic amines is 1. The summed E-state index contributed by atoms with van der Waals surface area (Å²) < 4.78 is 0. The van der Waals surface area contributed by atoms with Crippen molar-refractivity contribution >= 4 is 46.1 Å². The first-order chi connectivity index (χ1) is 18.9. The molecule has 39 heavy (non-hydrogen) atoms. The van der Waals surface area contributed by atoms with Crippen LogP contribution in [0.5, 0.6) is 0 Å². The summed E-state index contributed by atoms with van der Waals surface area (Å²) in [6, 6.07) is 24.7. The summed E-state index contributed by atoms with van der Waals surface area (Å²) in [7, 11) is 0. The molecule has 0 unspecified atom stereocenters. The number of imidazole rings is 1. The number of carboxylic acid groups (broad SMARTS) is 1. The van der Waals surface area contributed by atoms with Crippen molar-refractivity contribution < 1.29 is 14.7 Å². The lowest BCUT2D eigenvalue weighted by Crippen LogP contribution is -2.28. The summed E-state index contributed by atoms with van der Waals surface area (Å²) in [5.41, 5.74) is 4.28. The zero-order valence-electron chi connectivity index (χ0n) is 21.0. The Morgan fingerprint density at radius 3 is 2.49 bits per heavy atom.